The van der Waals surface area contributed by atoms with Gasteiger partial charge in [0.05, 0.1) is 6.20 Å². The Morgan fingerprint density at radius 2 is 1.91 bits per heavy atom. The Morgan fingerprint density at radius 3 is 2.68 bits per heavy atom. The van der Waals surface area contributed by atoms with Crippen LogP contribution in [0.1, 0.15) is 5.56 Å². The zero-order chi connectivity index (χ0) is 15.7. The second-order valence-electron chi connectivity index (χ2n) is 4.65. The predicted molar refractivity (Wildman–Crippen MR) is 83.5 cm³/mol. The highest BCUT2D eigenvalue weighted by molar-refractivity contribution is 7.87. The van der Waals surface area contributed by atoms with E-state index in [-0.39, 0.29) is 15.8 Å². The Labute approximate surface area is 132 Å². The van der Waals surface area contributed by atoms with Crippen LogP contribution >= 0.6 is 11.6 Å². The minimum Gasteiger partial charge on any atom is -0.377 e. The molecule has 0 unspecified atom stereocenters. The molecule has 22 heavy (non-hydrogen) atoms. The summed E-state index contributed by atoms with van der Waals surface area (Å²) in [4.78, 5) is 7.95. The summed E-state index contributed by atoms with van der Waals surface area (Å²) in [5.74, 6) is 0.172. The lowest BCUT2D eigenvalue weighted by atomic mass is 10.2. The molecular formula is C15H11ClN2O3S. The number of nitrogens with zero attached hydrogens (tertiary/aromatic N) is 2. The lowest BCUT2D eigenvalue weighted by Crippen LogP contribution is -2.11. The van der Waals surface area contributed by atoms with Gasteiger partial charge in [-0.3, -0.25) is 4.98 Å². The summed E-state index contributed by atoms with van der Waals surface area (Å²) in [5.41, 5.74) is 1.04. The largest absolute Gasteiger partial charge is 0.377 e. The van der Waals surface area contributed by atoms with E-state index in [0.29, 0.717) is 11.1 Å². The van der Waals surface area contributed by atoms with Crippen LogP contribution in [0.5, 0.6) is 5.75 Å². The van der Waals surface area contributed by atoms with Gasteiger partial charge >= 0.3 is 10.1 Å². The zero-order valence-electron chi connectivity index (χ0n) is 11.5. The molecule has 3 aromatic rings. The van der Waals surface area contributed by atoms with E-state index < -0.39 is 10.1 Å². The lowest BCUT2D eigenvalue weighted by molar-refractivity contribution is 0.487. The van der Waals surface area contributed by atoms with E-state index in [9.17, 15) is 8.42 Å². The Kier molecular flexibility index (Phi) is 3.72. The molecule has 112 valence electrons. The number of aryl methyl sites for hydroxylation is 1. The van der Waals surface area contributed by atoms with Gasteiger partial charge < -0.3 is 4.18 Å². The van der Waals surface area contributed by atoms with Crippen molar-refractivity contribution in [3.8, 4) is 5.75 Å². The topological polar surface area (TPSA) is 69.2 Å². The van der Waals surface area contributed by atoms with Crippen molar-refractivity contribution in [2.45, 2.75) is 11.8 Å². The third-order valence-corrected chi connectivity index (χ3v) is 4.67. The molecule has 7 heteroatoms. The Balaban J connectivity index is 2.05. The Hall–Kier alpha value is -2.18. The number of para-hydroxylation sites is 1. The van der Waals surface area contributed by atoms with Crippen molar-refractivity contribution in [2.24, 2.45) is 0 Å². The van der Waals surface area contributed by atoms with E-state index >= 15 is 0 Å². The van der Waals surface area contributed by atoms with E-state index in [2.05, 4.69) is 9.97 Å². The van der Waals surface area contributed by atoms with Gasteiger partial charge in [0.1, 0.15) is 15.6 Å². The summed E-state index contributed by atoms with van der Waals surface area (Å²) in [6.45, 7) is 1.67. The first-order valence-corrected chi connectivity index (χ1v) is 8.16. The van der Waals surface area contributed by atoms with E-state index in [1.165, 1.54) is 12.3 Å². The number of hydrogen-bond acceptors (Lipinski definition) is 5. The first-order chi connectivity index (χ1) is 10.5. The molecule has 1 aromatic carbocycles. The molecule has 0 radical (unpaired) electrons. The minimum atomic E-state index is -4.01. The molecule has 2 aromatic heterocycles. The van der Waals surface area contributed by atoms with E-state index in [1.807, 2.05) is 12.1 Å². The maximum Gasteiger partial charge on any atom is 0.340 e. The highest BCUT2D eigenvalue weighted by Gasteiger charge is 2.19. The molecule has 0 fully saturated rings. The van der Waals surface area contributed by atoms with Crippen LogP contribution in [0.15, 0.2) is 53.7 Å². The number of rotatable bonds is 3. The minimum absolute atomic E-state index is 0.0534. The zero-order valence-corrected chi connectivity index (χ0v) is 13.1. The van der Waals surface area contributed by atoms with Gasteiger partial charge in [-0.1, -0.05) is 29.8 Å². The highest BCUT2D eigenvalue weighted by Crippen LogP contribution is 2.27. The van der Waals surface area contributed by atoms with Crippen LogP contribution in [0.2, 0.25) is 5.15 Å². The SMILES string of the molecule is Cc1cc(S(=O)(=O)Oc2cccc3cccnc23)cnc1Cl. The Morgan fingerprint density at radius 1 is 1.14 bits per heavy atom. The van der Waals surface area contributed by atoms with Gasteiger partial charge in [-0.2, -0.15) is 8.42 Å². The average molecular weight is 335 g/mol. The maximum atomic E-state index is 12.4. The maximum absolute atomic E-state index is 12.4. The van der Waals surface area contributed by atoms with Gasteiger partial charge in [0.15, 0.2) is 5.75 Å². The molecule has 0 atom stereocenters. The summed E-state index contributed by atoms with van der Waals surface area (Å²) in [6.07, 6.45) is 2.75. The summed E-state index contributed by atoms with van der Waals surface area (Å²) in [6, 6.07) is 10.1. The second kappa shape index (κ2) is 5.55. The normalized spacial score (nSPS) is 11.5. The fraction of sp³-hybridized carbons (Fsp3) is 0.0667. The van der Waals surface area contributed by atoms with Gasteiger partial charge in [-0.05, 0) is 30.7 Å². The highest BCUT2D eigenvalue weighted by atomic mass is 35.5. The molecule has 0 aliphatic heterocycles. The van der Waals surface area contributed by atoms with Crippen LogP contribution < -0.4 is 4.18 Å². The number of aromatic nitrogens is 2. The molecular weight excluding hydrogens is 324 g/mol. The summed E-state index contributed by atoms with van der Waals surface area (Å²) >= 11 is 5.81. The fourth-order valence-electron chi connectivity index (χ4n) is 1.98. The molecule has 0 saturated carbocycles. The van der Waals surface area contributed by atoms with Crippen LogP contribution in [-0.2, 0) is 10.1 Å². The van der Waals surface area contributed by atoms with Crippen molar-refractivity contribution in [2.75, 3.05) is 0 Å². The van der Waals surface area contributed by atoms with Gasteiger partial charge in [-0.15, -0.1) is 0 Å². The van der Waals surface area contributed by atoms with Crippen LogP contribution in [0.25, 0.3) is 10.9 Å². The van der Waals surface area contributed by atoms with Gasteiger partial charge in [-0.25, -0.2) is 4.98 Å². The van der Waals surface area contributed by atoms with Crippen LogP contribution in [0.3, 0.4) is 0 Å². The monoisotopic (exact) mass is 334 g/mol. The summed E-state index contributed by atoms with van der Waals surface area (Å²) in [7, 11) is -4.01. The van der Waals surface area contributed by atoms with Crippen LogP contribution in [-0.4, -0.2) is 18.4 Å². The van der Waals surface area contributed by atoms with Crippen LogP contribution in [0, 0.1) is 6.92 Å². The molecule has 0 aliphatic rings. The second-order valence-corrected chi connectivity index (χ2v) is 6.55. The molecule has 2 heterocycles. The quantitative estimate of drug-likeness (QED) is 0.542. The number of halogens is 1. The first kappa shape index (κ1) is 14.7. The molecule has 0 spiro atoms. The lowest BCUT2D eigenvalue weighted by Gasteiger charge is -2.09. The summed E-state index contributed by atoms with van der Waals surface area (Å²) in [5, 5.41) is 1.05. The molecule has 0 aliphatic carbocycles. The van der Waals surface area contributed by atoms with Crippen molar-refractivity contribution < 1.29 is 12.6 Å². The predicted octanol–water partition coefficient (Wildman–Crippen LogP) is 3.36. The molecule has 5 nitrogen and oxygen atoms in total. The van der Waals surface area contributed by atoms with E-state index in [1.54, 1.807) is 31.3 Å². The van der Waals surface area contributed by atoms with E-state index in [4.69, 9.17) is 15.8 Å². The van der Waals surface area contributed by atoms with Crippen LogP contribution in [0.4, 0.5) is 0 Å². The third-order valence-electron chi connectivity index (χ3n) is 3.07. The molecule has 0 saturated heterocycles. The van der Waals surface area contributed by atoms with Gasteiger partial charge in [0.25, 0.3) is 0 Å². The smallest absolute Gasteiger partial charge is 0.340 e. The van der Waals surface area contributed by atoms with Crippen molar-refractivity contribution in [3.05, 3.63) is 59.5 Å². The number of hydrogen-bond donors (Lipinski definition) is 0. The molecule has 0 amide bonds. The number of pyridine rings is 2. The standard InChI is InChI=1S/C15H11ClN2O3S/c1-10-8-12(9-18-15(10)16)22(19,20)21-13-6-2-4-11-5-3-7-17-14(11)13/h2-9H,1H3. The van der Waals surface area contributed by atoms with Crippen molar-refractivity contribution in [1.82, 2.24) is 9.97 Å². The molecule has 0 N–H and O–H groups in total. The van der Waals surface area contributed by atoms with Gasteiger partial charge in [0, 0.05) is 11.6 Å². The van der Waals surface area contributed by atoms with Gasteiger partial charge in [0.2, 0.25) is 0 Å². The summed E-state index contributed by atoms with van der Waals surface area (Å²) < 4.78 is 30.0. The Bertz CT molecular complexity index is 953. The van der Waals surface area contributed by atoms with Crippen molar-refractivity contribution in [1.29, 1.82) is 0 Å². The fourth-order valence-corrected chi connectivity index (χ4v) is 3.05. The van der Waals surface area contributed by atoms with Crippen molar-refractivity contribution >= 4 is 32.6 Å². The molecule has 3 rings (SSSR count). The first-order valence-electron chi connectivity index (χ1n) is 6.38. The average Bonchev–Trinajstić information content (AvgIpc) is 2.50. The number of benzene rings is 1. The van der Waals surface area contributed by atoms with Crippen molar-refractivity contribution in [3.63, 3.8) is 0 Å². The number of fused-ring (bicyclic) bond motifs is 1. The third kappa shape index (κ3) is 2.75. The molecule has 0 bridgehead atoms. The van der Waals surface area contributed by atoms with E-state index in [0.717, 1.165) is 5.39 Å².